The molecule has 2 aliphatic rings. The molecule has 0 N–H and O–H groups in total. The van der Waals surface area contributed by atoms with Crippen molar-refractivity contribution < 1.29 is 17.9 Å². The SMILES string of the molecule is CCS(=O)(=O)N1CCC[C@H](C(=O)N2CCN(c3ccccc3OC)CC2)C1. The van der Waals surface area contributed by atoms with Gasteiger partial charge in [-0.25, -0.2) is 12.7 Å². The zero-order valence-corrected chi connectivity index (χ0v) is 17.0. The summed E-state index contributed by atoms with van der Waals surface area (Å²) in [5.41, 5.74) is 1.05. The fourth-order valence-electron chi connectivity index (χ4n) is 3.90. The highest BCUT2D eigenvalue weighted by Gasteiger charge is 2.34. The predicted octanol–water partition coefficient (Wildman–Crippen LogP) is 1.41. The number of benzene rings is 1. The van der Waals surface area contributed by atoms with Crippen molar-refractivity contribution in [1.82, 2.24) is 9.21 Å². The van der Waals surface area contributed by atoms with E-state index >= 15 is 0 Å². The molecule has 2 fully saturated rings. The van der Waals surface area contributed by atoms with Crippen molar-refractivity contribution in [2.75, 3.05) is 57.0 Å². The Morgan fingerprint density at radius 2 is 1.85 bits per heavy atom. The Morgan fingerprint density at radius 1 is 1.15 bits per heavy atom. The first-order valence-electron chi connectivity index (χ1n) is 9.61. The summed E-state index contributed by atoms with van der Waals surface area (Å²) in [5, 5.41) is 0. The van der Waals surface area contributed by atoms with Crippen molar-refractivity contribution in [1.29, 1.82) is 0 Å². The van der Waals surface area contributed by atoms with Gasteiger partial charge in [0.05, 0.1) is 24.5 Å². The molecule has 0 radical (unpaired) electrons. The molecule has 0 aromatic heterocycles. The van der Waals surface area contributed by atoms with Gasteiger partial charge < -0.3 is 14.5 Å². The van der Waals surface area contributed by atoms with Crippen LogP contribution in [0.15, 0.2) is 24.3 Å². The quantitative estimate of drug-likeness (QED) is 0.754. The van der Waals surface area contributed by atoms with E-state index in [4.69, 9.17) is 4.74 Å². The van der Waals surface area contributed by atoms with Crippen LogP contribution in [0.1, 0.15) is 19.8 Å². The monoisotopic (exact) mass is 395 g/mol. The Kier molecular flexibility index (Phi) is 6.26. The smallest absolute Gasteiger partial charge is 0.227 e. The van der Waals surface area contributed by atoms with E-state index in [0.29, 0.717) is 26.2 Å². The van der Waals surface area contributed by atoms with E-state index in [0.717, 1.165) is 37.4 Å². The van der Waals surface area contributed by atoms with E-state index < -0.39 is 10.0 Å². The second-order valence-corrected chi connectivity index (χ2v) is 9.34. The van der Waals surface area contributed by atoms with Gasteiger partial charge in [-0.15, -0.1) is 0 Å². The number of anilines is 1. The van der Waals surface area contributed by atoms with Crippen LogP contribution in [0.5, 0.6) is 5.75 Å². The molecule has 27 heavy (non-hydrogen) atoms. The van der Waals surface area contributed by atoms with Crippen LogP contribution in [0.4, 0.5) is 5.69 Å². The van der Waals surface area contributed by atoms with Crippen LogP contribution in [0, 0.1) is 5.92 Å². The lowest BCUT2D eigenvalue weighted by atomic mass is 9.97. The minimum Gasteiger partial charge on any atom is -0.495 e. The summed E-state index contributed by atoms with van der Waals surface area (Å²) in [7, 11) is -1.57. The fourth-order valence-corrected chi connectivity index (χ4v) is 5.08. The van der Waals surface area contributed by atoms with Crippen LogP contribution in [-0.4, -0.2) is 75.7 Å². The molecule has 0 spiro atoms. The third-order valence-electron chi connectivity index (χ3n) is 5.51. The lowest BCUT2D eigenvalue weighted by Crippen LogP contribution is -2.53. The first-order chi connectivity index (χ1) is 13.0. The van der Waals surface area contributed by atoms with Crippen LogP contribution in [0.25, 0.3) is 0 Å². The highest BCUT2D eigenvalue weighted by molar-refractivity contribution is 7.89. The topological polar surface area (TPSA) is 70.2 Å². The summed E-state index contributed by atoms with van der Waals surface area (Å²) < 4.78 is 31.2. The van der Waals surface area contributed by atoms with Crippen LogP contribution in [0.2, 0.25) is 0 Å². The van der Waals surface area contributed by atoms with Crippen LogP contribution in [-0.2, 0) is 14.8 Å². The number of ether oxygens (including phenoxy) is 1. The first-order valence-corrected chi connectivity index (χ1v) is 11.2. The van der Waals surface area contributed by atoms with Crippen molar-refractivity contribution in [3.05, 3.63) is 24.3 Å². The molecule has 2 saturated heterocycles. The summed E-state index contributed by atoms with van der Waals surface area (Å²) >= 11 is 0. The normalized spacial score (nSPS) is 21.9. The molecular weight excluding hydrogens is 366 g/mol. The van der Waals surface area contributed by atoms with Gasteiger partial charge in [-0.2, -0.15) is 0 Å². The Hall–Kier alpha value is -1.80. The average Bonchev–Trinajstić information content (AvgIpc) is 2.73. The number of para-hydroxylation sites is 2. The molecule has 1 amide bonds. The maximum atomic E-state index is 12.9. The van der Waals surface area contributed by atoms with Crippen LogP contribution >= 0.6 is 0 Å². The third-order valence-corrected chi connectivity index (χ3v) is 7.36. The Bertz CT molecular complexity index is 760. The van der Waals surface area contributed by atoms with Crippen LogP contribution < -0.4 is 9.64 Å². The molecule has 0 bridgehead atoms. The highest BCUT2D eigenvalue weighted by Crippen LogP contribution is 2.29. The standard InChI is InChI=1S/C19H29N3O4S/c1-3-27(24,25)22-10-6-7-16(15-22)19(23)21-13-11-20(12-14-21)17-8-4-5-9-18(17)26-2/h4-5,8-9,16H,3,6-7,10-15H2,1-2H3/t16-/m0/s1. The van der Waals surface area contributed by atoms with Crippen LogP contribution in [0.3, 0.4) is 0 Å². The molecule has 150 valence electrons. The molecule has 2 aliphatic heterocycles. The molecule has 3 rings (SSSR count). The molecule has 8 heteroatoms. The molecule has 0 unspecified atom stereocenters. The number of hydrogen-bond acceptors (Lipinski definition) is 5. The van der Waals surface area contributed by atoms with Gasteiger partial charge >= 0.3 is 0 Å². The summed E-state index contributed by atoms with van der Waals surface area (Å²) in [5.74, 6) is 0.791. The van der Waals surface area contributed by atoms with Gasteiger partial charge in [0.25, 0.3) is 0 Å². The summed E-state index contributed by atoms with van der Waals surface area (Å²) in [6.07, 6.45) is 1.51. The molecule has 1 atom stereocenters. The Labute approximate surface area is 161 Å². The number of rotatable bonds is 5. The van der Waals surface area contributed by atoms with Gasteiger partial charge in [-0.3, -0.25) is 4.79 Å². The van der Waals surface area contributed by atoms with Gasteiger partial charge in [-0.1, -0.05) is 12.1 Å². The number of sulfonamides is 1. The molecule has 2 heterocycles. The number of methoxy groups -OCH3 is 1. The lowest BCUT2D eigenvalue weighted by Gasteiger charge is -2.39. The molecule has 1 aromatic carbocycles. The highest BCUT2D eigenvalue weighted by atomic mass is 32.2. The Balaban J connectivity index is 1.60. The number of hydrogen-bond donors (Lipinski definition) is 0. The number of piperidine rings is 1. The third kappa shape index (κ3) is 4.38. The van der Waals surface area contributed by atoms with Gasteiger partial charge in [-0.05, 0) is 31.9 Å². The molecule has 0 aliphatic carbocycles. The zero-order valence-electron chi connectivity index (χ0n) is 16.1. The Morgan fingerprint density at radius 3 is 2.52 bits per heavy atom. The minimum absolute atomic E-state index is 0.0886. The maximum absolute atomic E-state index is 12.9. The first kappa shape index (κ1) is 19.9. The van der Waals surface area contributed by atoms with E-state index in [1.807, 2.05) is 29.2 Å². The van der Waals surface area contributed by atoms with E-state index in [2.05, 4.69) is 4.90 Å². The van der Waals surface area contributed by atoms with Gasteiger partial charge in [0.2, 0.25) is 15.9 Å². The van der Waals surface area contributed by atoms with Crippen molar-refractivity contribution in [3.8, 4) is 5.75 Å². The number of nitrogens with zero attached hydrogens (tertiary/aromatic N) is 3. The maximum Gasteiger partial charge on any atom is 0.227 e. The molecule has 0 saturated carbocycles. The van der Waals surface area contributed by atoms with Crippen molar-refractivity contribution in [2.45, 2.75) is 19.8 Å². The summed E-state index contributed by atoms with van der Waals surface area (Å²) in [4.78, 5) is 17.1. The largest absolute Gasteiger partial charge is 0.495 e. The van der Waals surface area contributed by atoms with E-state index in [1.54, 1.807) is 14.0 Å². The molecule has 7 nitrogen and oxygen atoms in total. The zero-order chi connectivity index (χ0) is 19.4. The van der Waals surface area contributed by atoms with Gasteiger partial charge in [0.15, 0.2) is 0 Å². The lowest BCUT2D eigenvalue weighted by molar-refractivity contribution is -0.137. The summed E-state index contributed by atoms with van der Waals surface area (Å²) in [6, 6.07) is 7.91. The minimum atomic E-state index is -3.23. The van der Waals surface area contributed by atoms with Gasteiger partial charge in [0.1, 0.15) is 5.75 Å². The van der Waals surface area contributed by atoms with E-state index in [-0.39, 0.29) is 17.6 Å². The predicted molar refractivity (Wildman–Crippen MR) is 106 cm³/mol. The second-order valence-electron chi connectivity index (χ2n) is 7.08. The summed E-state index contributed by atoms with van der Waals surface area (Å²) in [6.45, 7) is 5.29. The average molecular weight is 396 g/mol. The number of amides is 1. The molecule has 1 aromatic rings. The van der Waals surface area contributed by atoms with E-state index in [1.165, 1.54) is 4.31 Å². The van der Waals surface area contributed by atoms with Crippen molar-refractivity contribution in [2.24, 2.45) is 5.92 Å². The number of carbonyl (C=O) groups is 1. The van der Waals surface area contributed by atoms with Gasteiger partial charge in [0, 0.05) is 39.3 Å². The fraction of sp³-hybridized carbons (Fsp3) is 0.632. The van der Waals surface area contributed by atoms with Crippen molar-refractivity contribution >= 4 is 21.6 Å². The van der Waals surface area contributed by atoms with E-state index in [9.17, 15) is 13.2 Å². The number of piperazine rings is 1. The number of carbonyl (C=O) groups excluding carboxylic acids is 1. The molecular formula is C19H29N3O4S. The van der Waals surface area contributed by atoms with Crippen molar-refractivity contribution in [3.63, 3.8) is 0 Å². The second kappa shape index (κ2) is 8.48.